The van der Waals surface area contributed by atoms with Gasteiger partial charge < -0.3 is 14.4 Å². The van der Waals surface area contributed by atoms with E-state index in [2.05, 4.69) is 12.2 Å². The first-order chi connectivity index (χ1) is 10.1. The van der Waals surface area contributed by atoms with Crippen molar-refractivity contribution in [3.8, 4) is 5.75 Å². The molecule has 2 rings (SSSR count). The fraction of sp³-hybridized carbons (Fsp3) is 0.562. The summed E-state index contributed by atoms with van der Waals surface area (Å²) in [6.45, 7) is 5.30. The molecule has 1 aromatic rings. The van der Waals surface area contributed by atoms with E-state index < -0.39 is 0 Å². The average molecular weight is 292 g/mol. The van der Waals surface area contributed by atoms with Crippen LogP contribution in [0, 0.1) is 5.92 Å². The van der Waals surface area contributed by atoms with Crippen LogP contribution >= 0.6 is 0 Å². The molecule has 1 aliphatic rings. The number of amides is 1. The summed E-state index contributed by atoms with van der Waals surface area (Å²) in [6.07, 6.45) is -0.109. The molecule has 5 nitrogen and oxygen atoms in total. The van der Waals surface area contributed by atoms with E-state index in [0.29, 0.717) is 19.1 Å². The molecule has 21 heavy (non-hydrogen) atoms. The van der Waals surface area contributed by atoms with E-state index in [9.17, 15) is 4.79 Å². The maximum Gasteiger partial charge on any atom is 0.241 e. The molecular formula is C16H24N2O3. The van der Waals surface area contributed by atoms with Gasteiger partial charge in [-0.3, -0.25) is 10.1 Å². The molecule has 0 radical (unpaired) electrons. The monoisotopic (exact) mass is 292 g/mol. The lowest BCUT2D eigenvalue weighted by molar-refractivity contribution is -0.130. The Labute approximate surface area is 126 Å². The summed E-state index contributed by atoms with van der Waals surface area (Å²) in [4.78, 5) is 14.3. The Balaban J connectivity index is 2.20. The van der Waals surface area contributed by atoms with Crippen LogP contribution in [0.1, 0.15) is 25.6 Å². The van der Waals surface area contributed by atoms with E-state index in [1.807, 2.05) is 36.1 Å². The fourth-order valence-corrected chi connectivity index (χ4v) is 2.73. The van der Waals surface area contributed by atoms with Crippen LogP contribution in [0.4, 0.5) is 0 Å². The maximum absolute atomic E-state index is 12.4. The molecule has 0 aromatic heterocycles. The highest BCUT2D eigenvalue weighted by Gasteiger charge is 2.37. The smallest absolute Gasteiger partial charge is 0.241 e. The molecule has 3 atom stereocenters. The van der Waals surface area contributed by atoms with Crippen molar-refractivity contribution < 1.29 is 14.3 Å². The Kier molecular flexibility index (Phi) is 5.20. The second-order valence-electron chi connectivity index (χ2n) is 5.62. The third-order valence-corrected chi connectivity index (χ3v) is 3.74. The fourth-order valence-electron chi connectivity index (χ4n) is 2.73. The zero-order valence-corrected chi connectivity index (χ0v) is 13.1. The molecule has 1 aromatic carbocycles. The van der Waals surface area contributed by atoms with Gasteiger partial charge in [-0.25, -0.2) is 0 Å². The van der Waals surface area contributed by atoms with E-state index in [-0.39, 0.29) is 18.1 Å². The summed E-state index contributed by atoms with van der Waals surface area (Å²) in [5.74, 6) is 1.22. The Morgan fingerprint density at radius 3 is 2.81 bits per heavy atom. The van der Waals surface area contributed by atoms with Crippen molar-refractivity contribution in [2.45, 2.75) is 26.1 Å². The van der Waals surface area contributed by atoms with Gasteiger partial charge in [0.25, 0.3) is 0 Å². The van der Waals surface area contributed by atoms with Crippen LogP contribution < -0.4 is 10.1 Å². The summed E-state index contributed by atoms with van der Waals surface area (Å²) in [5.41, 5.74) is 1.04. The van der Waals surface area contributed by atoms with Gasteiger partial charge in [0.1, 0.15) is 11.9 Å². The summed E-state index contributed by atoms with van der Waals surface area (Å²) < 4.78 is 10.4. The second-order valence-corrected chi connectivity index (χ2v) is 5.62. The molecule has 1 saturated heterocycles. The molecule has 116 valence electrons. The van der Waals surface area contributed by atoms with Crippen LogP contribution in [-0.2, 0) is 9.53 Å². The molecule has 0 aliphatic carbocycles. The third-order valence-electron chi connectivity index (χ3n) is 3.74. The number of nitrogens with one attached hydrogen (secondary N) is 1. The first-order valence-corrected chi connectivity index (χ1v) is 7.26. The van der Waals surface area contributed by atoms with Gasteiger partial charge in [-0.15, -0.1) is 0 Å². The standard InChI is InChI=1S/C16H24N2O3/c1-11(10-20-3)9-18-15(17-12(2)16(18)19)13-6-5-7-14(8-13)21-4/h5-8,11-12,15,17H,9-10H2,1-4H3. The zero-order valence-electron chi connectivity index (χ0n) is 13.1. The van der Waals surface area contributed by atoms with E-state index in [1.165, 1.54) is 0 Å². The molecule has 3 unspecified atom stereocenters. The minimum absolute atomic E-state index is 0.109. The minimum Gasteiger partial charge on any atom is -0.497 e. The predicted octanol–water partition coefficient (Wildman–Crippen LogP) is 1.80. The quantitative estimate of drug-likeness (QED) is 0.868. The van der Waals surface area contributed by atoms with Gasteiger partial charge in [0, 0.05) is 13.7 Å². The molecule has 0 bridgehead atoms. The van der Waals surface area contributed by atoms with Gasteiger partial charge in [0.15, 0.2) is 0 Å². The molecule has 5 heteroatoms. The largest absolute Gasteiger partial charge is 0.497 e. The topological polar surface area (TPSA) is 50.8 Å². The number of benzene rings is 1. The molecule has 0 saturated carbocycles. The lowest BCUT2D eigenvalue weighted by atomic mass is 10.1. The van der Waals surface area contributed by atoms with Crippen LogP contribution in [0.25, 0.3) is 0 Å². The van der Waals surface area contributed by atoms with Crippen molar-refractivity contribution in [3.05, 3.63) is 29.8 Å². The highest BCUT2D eigenvalue weighted by molar-refractivity contribution is 5.84. The van der Waals surface area contributed by atoms with Crippen LogP contribution in [-0.4, -0.2) is 44.2 Å². The Bertz CT molecular complexity index is 492. The summed E-state index contributed by atoms with van der Waals surface area (Å²) in [6, 6.07) is 7.66. The zero-order chi connectivity index (χ0) is 15.4. The van der Waals surface area contributed by atoms with Gasteiger partial charge in [0.2, 0.25) is 5.91 Å². The Morgan fingerprint density at radius 2 is 2.14 bits per heavy atom. The first kappa shape index (κ1) is 15.8. The van der Waals surface area contributed by atoms with Crippen LogP contribution in [0.5, 0.6) is 5.75 Å². The van der Waals surface area contributed by atoms with Crippen molar-refractivity contribution in [1.29, 1.82) is 0 Å². The SMILES string of the molecule is COCC(C)CN1C(=O)C(C)NC1c1cccc(OC)c1. The predicted molar refractivity (Wildman–Crippen MR) is 81.1 cm³/mol. The molecule has 1 heterocycles. The number of carbonyl (C=O) groups excluding carboxylic acids is 1. The van der Waals surface area contributed by atoms with E-state index in [0.717, 1.165) is 11.3 Å². The number of hydrogen-bond donors (Lipinski definition) is 1. The number of methoxy groups -OCH3 is 2. The van der Waals surface area contributed by atoms with Crippen molar-refractivity contribution in [3.63, 3.8) is 0 Å². The van der Waals surface area contributed by atoms with Gasteiger partial charge in [0.05, 0.1) is 19.8 Å². The lowest BCUT2D eigenvalue weighted by Gasteiger charge is -2.27. The highest BCUT2D eigenvalue weighted by Crippen LogP contribution is 2.28. The van der Waals surface area contributed by atoms with Crippen molar-refractivity contribution in [1.82, 2.24) is 10.2 Å². The summed E-state index contributed by atoms with van der Waals surface area (Å²) in [7, 11) is 3.33. The number of carbonyl (C=O) groups is 1. The maximum atomic E-state index is 12.4. The van der Waals surface area contributed by atoms with E-state index >= 15 is 0 Å². The molecular weight excluding hydrogens is 268 g/mol. The molecule has 1 aliphatic heterocycles. The second kappa shape index (κ2) is 6.91. The third kappa shape index (κ3) is 3.54. The minimum atomic E-state index is -0.170. The van der Waals surface area contributed by atoms with E-state index in [1.54, 1.807) is 14.2 Å². The van der Waals surface area contributed by atoms with Crippen LogP contribution in [0.3, 0.4) is 0 Å². The van der Waals surface area contributed by atoms with Gasteiger partial charge in [-0.05, 0) is 30.5 Å². The molecule has 1 amide bonds. The Morgan fingerprint density at radius 1 is 1.38 bits per heavy atom. The van der Waals surface area contributed by atoms with Crippen molar-refractivity contribution in [2.75, 3.05) is 27.4 Å². The van der Waals surface area contributed by atoms with Crippen LogP contribution in [0.2, 0.25) is 0 Å². The average Bonchev–Trinajstić information content (AvgIpc) is 2.76. The molecule has 1 N–H and O–H groups in total. The molecule has 1 fully saturated rings. The van der Waals surface area contributed by atoms with Gasteiger partial charge >= 0.3 is 0 Å². The van der Waals surface area contributed by atoms with Crippen molar-refractivity contribution in [2.24, 2.45) is 5.92 Å². The lowest BCUT2D eigenvalue weighted by Crippen LogP contribution is -2.35. The van der Waals surface area contributed by atoms with Crippen LogP contribution in [0.15, 0.2) is 24.3 Å². The number of nitrogens with zero attached hydrogens (tertiary/aromatic N) is 1. The first-order valence-electron chi connectivity index (χ1n) is 7.26. The summed E-state index contributed by atoms with van der Waals surface area (Å²) >= 11 is 0. The Hall–Kier alpha value is -1.59. The number of rotatable bonds is 6. The van der Waals surface area contributed by atoms with Gasteiger partial charge in [-0.2, -0.15) is 0 Å². The highest BCUT2D eigenvalue weighted by atomic mass is 16.5. The number of hydrogen-bond acceptors (Lipinski definition) is 4. The van der Waals surface area contributed by atoms with Gasteiger partial charge in [-0.1, -0.05) is 19.1 Å². The van der Waals surface area contributed by atoms with Crippen molar-refractivity contribution >= 4 is 5.91 Å². The summed E-state index contributed by atoms with van der Waals surface area (Å²) in [5, 5.41) is 3.35. The van der Waals surface area contributed by atoms with E-state index in [4.69, 9.17) is 9.47 Å². The number of ether oxygens (including phenoxy) is 2. The normalized spacial score (nSPS) is 23.4. The molecule has 0 spiro atoms.